The van der Waals surface area contributed by atoms with Crippen LogP contribution < -0.4 is 0 Å². The van der Waals surface area contributed by atoms with E-state index in [1.165, 1.54) is 0 Å². The molecule has 12 heavy (non-hydrogen) atoms. The molecular formula is C9H14O3. The van der Waals surface area contributed by atoms with Gasteiger partial charge in [-0.05, 0) is 24.2 Å². The Balaban J connectivity index is 2.02. The van der Waals surface area contributed by atoms with E-state index in [4.69, 9.17) is 4.74 Å². The highest BCUT2D eigenvalue weighted by Crippen LogP contribution is 2.62. The molecule has 3 rings (SSSR count). The van der Waals surface area contributed by atoms with Crippen LogP contribution in [0.15, 0.2) is 0 Å². The van der Waals surface area contributed by atoms with Gasteiger partial charge in [-0.1, -0.05) is 6.92 Å². The lowest BCUT2D eigenvalue weighted by molar-refractivity contribution is -0.124. The maximum atomic E-state index is 9.85. The maximum absolute atomic E-state index is 9.85. The minimum Gasteiger partial charge on any atom is -0.390 e. The van der Waals surface area contributed by atoms with Crippen LogP contribution in [0, 0.1) is 17.3 Å². The molecule has 2 aliphatic carbocycles. The Bertz CT molecular complexity index is 228. The summed E-state index contributed by atoms with van der Waals surface area (Å²) in [7, 11) is 0. The molecule has 0 aromatic rings. The van der Waals surface area contributed by atoms with Crippen molar-refractivity contribution in [2.24, 2.45) is 17.3 Å². The van der Waals surface area contributed by atoms with E-state index in [0.717, 1.165) is 12.8 Å². The van der Waals surface area contributed by atoms with Gasteiger partial charge in [0.15, 0.2) is 6.29 Å². The Hall–Kier alpha value is -0.120. The van der Waals surface area contributed by atoms with Crippen molar-refractivity contribution < 1.29 is 14.9 Å². The highest BCUT2D eigenvalue weighted by molar-refractivity contribution is 5.12. The fraction of sp³-hybridized carbons (Fsp3) is 1.00. The van der Waals surface area contributed by atoms with Crippen molar-refractivity contribution in [3.8, 4) is 0 Å². The lowest BCUT2D eigenvalue weighted by atomic mass is 9.79. The van der Waals surface area contributed by atoms with Gasteiger partial charge >= 0.3 is 0 Å². The number of aliphatic hydroxyl groups is 2. The zero-order valence-corrected chi connectivity index (χ0v) is 7.10. The van der Waals surface area contributed by atoms with E-state index in [0.29, 0.717) is 11.8 Å². The highest BCUT2D eigenvalue weighted by atomic mass is 16.6. The summed E-state index contributed by atoms with van der Waals surface area (Å²) in [5, 5.41) is 19.3. The fourth-order valence-electron chi connectivity index (χ4n) is 3.44. The molecule has 3 nitrogen and oxygen atoms in total. The summed E-state index contributed by atoms with van der Waals surface area (Å²) in [5.74, 6) is 0.711. The minimum atomic E-state index is -0.612. The first kappa shape index (κ1) is 7.30. The van der Waals surface area contributed by atoms with Crippen molar-refractivity contribution in [3.63, 3.8) is 0 Å². The van der Waals surface area contributed by atoms with Crippen molar-refractivity contribution in [1.82, 2.24) is 0 Å². The van der Waals surface area contributed by atoms with Gasteiger partial charge in [0.2, 0.25) is 0 Å². The van der Waals surface area contributed by atoms with E-state index >= 15 is 0 Å². The predicted octanol–water partition coefficient (Wildman–Crippen LogP) is 0.111. The summed E-state index contributed by atoms with van der Waals surface area (Å²) in [6.45, 7) is 2.10. The van der Waals surface area contributed by atoms with Crippen LogP contribution in [0.1, 0.15) is 19.8 Å². The molecule has 2 bridgehead atoms. The standard InChI is InChI=1S/C9H14O3/c1-9-2-4-5(3-9)8(11)12-6(4)7(9)10/h4-8,10-11H,2-3H2,1H3/t4?,5?,6?,7?,8-,9?/m0/s1. The maximum Gasteiger partial charge on any atom is 0.158 e. The molecule has 3 fully saturated rings. The van der Waals surface area contributed by atoms with Crippen LogP contribution >= 0.6 is 0 Å². The number of rotatable bonds is 0. The first-order valence-electron chi connectivity index (χ1n) is 4.63. The molecule has 0 radical (unpaired) electrons. The van der Waals surface area contributed by atoms with Gasteiger partial charge in [0.25, 0.3) is 0 Å². The van der Waals surface area contributed by atoms with Crippen LogP contribution in [0.4, 0.5) is 0 Å². The second-order valence-electron chi connectivity index (χ2n) is 4.83. The molecule has 0 aromatic carbocycles. The second-order valence-corrected chi connectivity index (χ2v) is 4.83. The van der Waals surface area contributed by atoms with Crippen molar-refractivity contribution in [3.05, 3.63) is 0 Å². The van der Waals surface area contributed by atoms with Gasteiger partial charge in [-0.15, -0.1) is 0 Å². The molecule has 1 aliphatic heterocycles. The van der Waals surface area contributed by atoms with E-state index in [2.05, 4.69) is 6.92 Å². The van der Waals surface area contributed by atoms with Gasteiger partial charge < -0.3 is 14.9 Å². The van der Waals surface area contributed by atoms with Crippen LogP contribution in [0.2, 0.25) is 0 Å². The zero-order valence-electron chi connectivity index (χ0n) is 7.10. The SMILES string of the molecule is CC12CC3C(O[C@H](O)C3C1)C2O. The van der Waals surface area contributed by atoms with Gasteiger partial charge in [0.05, 0.1) is 12.2 Å². The van der Waals surface area contributed by atoms with Crippen molar-refractivity contribution in [2.45, 2.75) is 38.3 Å². The molecule has 2 N–H and O–H groups in total. The van der Waals surface area contributed by atoms with Crippen LogP contribution in [-0.2, 0) is 4.74 Å². The van der Waals surface area contributed by atoms with E-state index in [1.54, 1.807) is 0 Å². The van der Waals surface area contributed by atoms with Gasteiger partial charge in [-0.3, -0.25) is 0 Å². The van der Waals surface area contributed by atoms with Crippen LogP contribution in [0.25, 0.3) is 0 Å². The molecule has 6 atom stereocenters. The lowest BCUT2D eigenvalue weighted by Gasteiger charge is -2.29. The molecule has 3 heteroatoms. The Morgan fingerprint density at radius 2 is 1.92 bits per heavy atom. The predicted molar refractivity (Wildman–Crippen MR) is 41.2 cm³/mol. The average Bonchev–Trinajstić information content (AvgIpc) is 2.52. The molecule has 2 saturated carbocycles. The third-order valence-electron chi connectivity index (χ3n) is 4.06. The quantitative estimate of drug-likeness (QED) is 0.542. The molecule has 3 aliphatic rings. The lowest BCUT2D eigenvalue weighted by Crippen LogP contribution is -2.37. The average molecular weight is 170 g/mol. The number of hydrogen-bond donors (Lipinski definition) is 2. The van der Waals surface area contributed by atoms with Gasteiger partial charge in [-0.25, -0.2) is 0 Å². The molecular weight excluding hydrogens is 156 g/mol. The van der Waals surface area contributed by atoms with Gasteiger partial charge in [-0.2, -0.15) is 0 Å². The Labute approximate surface area is 71.3 Å². The summed E-state index contributed by atoms with van der Waals surface area (Å²) in [4.78, 5) is 0. The third-order valence-corrected chi connectivity index (χ3v) is 4.06. The van der Waals surface area contributed by atoms with E-state index in [1.807, 2.05) is 0 Å². The fourth-order valence-corrected chi connectivity index (χ4v) is 3.44. The third kappa shape index (κ3) is 0.605. The highest BCUT2D eigenvalue weighted by Gasteiger charge is 2.65. The van der Waals surface area contributed by atoms with Gasteiger partial charge in [0, 0.05) is 5.92 Å². The Morgan fingerprint density at radius 1 is 1.25 bits per heavy atom. The largest absolute Gasteiger partial charge is 0.390 e. The summed E-state index contributed by atoms with van der Waals surface area (Å²) < 4.78 is 5.32. The Morgan fingerprint density at radius 3 is 2.50 bits per heavy atom. The zero-order chi connectivity index (χ0) is 8.51. The van der Waals surface area contributed by atoms with Crippen LogP contribution in [0.5, 0.6) is 0 Å². The van der Waals surface area contributed by atoms with E-state index in [9.17, 15) is 10.2 Å². The molecule has 1 saturated heterocycles. The Kier molecular flexibility index (Phi) is 1.13. The smallest absolute Gasteiger partial charge is 0.158 e. The number of hydrogen-bond acceptors (Lipinski definition) is 3. The monoisotopic (exact) mass is 170 g/mol. The van der Waals surface area contributed by atoms with Crippen LogP contribution in [-0.4, -0.2) is 28.7 Å². The minimum absolute atomic E-state index is 0.0253. The van der Waals surface area contributed by atoms with Crippen LogP contribution in [0.3, 0.4) is 0 Å². The summed E-state index contributed by atoms with van der Waals surface area (Å²) in [6, 6.07) is 0. The number of ether oxygens (including phenoxy) is 1. The number of fused-ring (bicyclic) bond motifs is 1. The van der Waals surface area contributed by atoms with Crippen molar-refractivity contribution >= 4 is 0 Å². The first-order chi connectivity index (χ1) is 5.62. The van der Waals surface area contributed by atoms with Gasteiger partial charge in [0.1, 0.15) is 0 Å². The molecule has 0 aromatic heterocycles. The summed E-state index contributed by atoms with van der Waals surface area (Å²) in [6.07, 6.45) is 0.912. The topological polar surface area (TPSA) is 49.7 Å². The molecule has 1 heterocycles. The molecule has 68 valence electrons. The van der Waals surface area contributed by atoms with Crippen molar-refractivity contribution in [2.75, 3.05) is 0 Å². The second kappa shape index (κ2) is 1.86. The molecule has 0 spiro atoms. The number of aliphatic hydroxyl groups excluding tert-OH is 2. The normalized spacial score (nSPS) is 67.8. The summed E-state index contributed by atoms with van der Waals surface area (Å²) >= 11 is 0. The molecule has 5 unspecified atom stereocenters. The molecule has 0 amide bonds. The van der Waals surface area contributed by atoms with E-state index in [-0.39, 0.29) is 17.6 Å². The first-order valence-corrected chi connectivity index (χ1v) is 4.63. The van der Waals surface area contributed by atoms with E-state index < -0.39 is 6.29 Å². The summed E-state index contributed by atoms with van der Waals surface area (Å²) in [5.41, 5.74) is 0.0253. The van der Waals surface area contributed by atoms with Crippen molar-refractivity contribution in [1.29, 1.82) is 0 Å².